The molecule has 1 atom stereocenters. The average molecular weight is 298 g/mol. The van der Waals surface area contributed by atoms with Gasteiger partial charge in [0, 0.05) is 6.42 Å². The number of nitriles is 2. The van der Waals surface area contributed by atoms with Crippen molar-refractivity contribution in [3.05, 3.63) is 35.4 Å². The van der Waals surface area contributed by atoms with Crippen LogP contribution in [0.2, 0.25) is 0 Å². The highest BCUT2D eigenvalue weighted by Gasteiger charge is 2.41. The maximum Gasteiger partial charge on any atom is 0.331 e. The number of esters is 1. The molecule has 0 bridgehead atoms. The van der Waals surface area contributed by atoms with Crippen LogP contribution in [0.5, 0.6) is 0 Å². The Morgan fingerprint density at radius 1 is 1.27 bits per heavy atom. The third kappa shape index (κ3) is 4.09. The highest BCUT2D eigenvalue weighted by Crippen LogP contribution is 2.31. The Morgan fingerprint density at radius 2 is 1.91 bits per heavy atom. The van der Waals surface area contributed by atoms with E-state index in [1.54, 1.807) is 19.1 Å². The van der Waals surface area contributed by atoms with E-state index < -0.39 is 11.4 Å². The van der Waals surface area contributed by atoms with Crippen molar-refractivity contribution in [2.24, 2.45) is 5.92 Å². The Hall–Kier alpha value is -2.33. The fourth-order valence-electron chi connectivity index (χ4n) is 2.42. The van der Waals surface area contributed by atoms with Crippen LogP contribution in [0.3, 0.4) is 0 Å². The first kappa shape index (κ1) is 17.7. The van der Waals surface area contributed by atoms with Crippen molar-refractivity contribution in [1.82, 2.24) is 0 Å². The Bertz CT molecular complexity index is 579. The SMILES string of the molecule is CCOC(=O)[C@@](C#N)(CCC#N)c1ccc(CC(C)C)cc1. The lowest BCUT2D eigenvalue weighted by molar-refractivity contribution is -0.148. The molecule has 1 aromatic rings. The number of carbonyl (C=O) groups excluding carboxylic acids is 1. The zero-order chi connectivity index (χ0) is 16.6. The van der Waals surface area contributed by atoms with Crippen molar-refractivity contribution in [1.29, 1.82) is 10.5 Å². The minimum Gasteiger partial charge on any atom is -0.465 e. The number of hydrogen-bond acceptors (Lipinski definition) is 4. The van der Waals surface area contributed by atoms with Crippen molar-refractivity contribution in [2.75, 3.05) is 6.61 Å². The predicted molar refractivity (Wildman–Crippen MR) is 83.8 cm³/mol. The summed E-state index contributed by atoms with van der Waals surface area (Å²) in [6.45, 7) is 6.19. The highest BCUT2D eigenvalue weighted by atomic mass is 16.5. The first-order valence-electron chi connectivity index (χ1n) is 7.55. The van der Waals surface area contributed by atoms with E-state index in [-0.39, 0.29) is 19.4 Å². The van der Waals surface area contributed by atoms with Crippen molar-refractivity contribution < 1.29 is 9.53 Å². The molecule has 0 fully saturated rings. The summed E-state index contributed by atoms with van der Waals surface area (Å²) >= 11 is 0. The first-order chi connectivity index (χ1) is 10.5. The Kier molecular flexibility index (Phi) is 6.60. The van der Waals surface area contributed by atoms with Gasteiger partial charge < -0.3 is 4.74 Å². The molecule has 0 radical (unpaired) electrons. The highest BCUT2D eigenvalue weighted by molar-refractivity contribution is 5.86. The van der Waals surface area contributed by atoms with Gasteiger partial charge in [0.1, 0.15) is 0 Å². The summed E-state index contributed by atoms with van der Waals surface area (Å²) in [5.41, 5.74) is 0.355. The van der Waals surface area contributed by atoms with Crippen LogP contribution in [0.25, 0.3) is 0 Å². The molecule has 0 unspecified atom stereocenters. The minimum atomic E-state index is -1.40. The van der Waals surface area contributed by atoms with E-state index in [1.807, 2.05) is 18.2 Å². The van der Waals surface area contributed by atoms with Gasteiger partial charge in [0.15, 0.2) is 5.41 Å². The van der Waals surface area contributed by atoms with E-state index in [0.717, 1.165) is 12.0 Å². The molecule has 0 aromatic heterocycles. The quantitative estimate of drug-likeness (QED) is 0.722. The molecule has 0 aliphatic heterocycles. The molecule has 0 saturated carbocycles. The molecule has 0 aliphatic rings. The summed E-state index contributed by atoms with van der Waals surface area (Å²) in [5, 5.41) is 18.4. The summed E-state index contributed by atoms with van der Waals surface area (Å²) in [6, 6.07) is 11.6. The molecular formula is C18H22N2O2. The van der Waals surface area contributed by atoms with Crippen LogP contribution >= 0.6 is 0 Å². The molecule has 0 heterocycles. The second-order valence-corrected chi connectivity index (χ2v) is 5.69. The van der Waals surface area contributed by atoms with Gasteiger partial charge in [-0.05, 0) is 36.8 Å². The van der Waals surface area contributed by atoms with Gasteiger partial charge in [0.25, 0.3) is 0 Å². The van der Waals surface area contributed by atoms with E-state index in [4.69, 9.17) is 10.00 Å². The zero-order valence-electron chi connectivity index (χ0n) is 13.4. The van der Waals surface area contributed by atoms with Gasteiger partial charge in [-0.15, -0.1) is 0 Å². The van der Waals surface area contributed by atoms with Crippen LogP contribution in [0.4, 0.5) is 0 Å². The lowest BCUT2D eigenvalue weighted by Crippen LogP contribution is -2.36. The first-order valence-corrected chi connectivity index (χ1v) is 7.55. The van der Waals surface area contributed by atoms with Gasteiger partial charge >= 0.3 is 5.97 Å². The number of benzene rings is 1. The molecule has 4 nitrogen and oxygen atoms in total. The van der Waals surface area contributed by atoms with E-state index in [1.165, 1.54) is 0 Å². The van der Waals surface area contributed by atoms with Gasteiger partial charge in [-0.25, -0.2) is 4.79 Å². The smallest absolute Gasteiger partial charge is 0.331 e. The van der Waals surface area contributed by atoms with Crippen LogP contribution in [0, 0.1) is 28.6 Å². The summed E-state index contributed by atoms with van der Waals surface area (Å²) in [7, 11) is 0. The summed E-state index contributed by atoms with van der Waals surface area (Å²) < 4.78 is 5.07. The van der Waals surface area contributed by atoms with Gasteiger partial charge in [-0.3, -0.25) is 0 Å². The Morgan fingerprint density at radius 3 is 2.36 bits per heavy atom. The molecule has 0 N–H and O–H groups in total. The van der Waals surface area contributed by atoms with Crippen LogP contribution < -0.4 is 0 Å². The molecule has 0 aliphatic carbocycles. The molecule has 0 amide bonds. The molecule has 1 aromatic carbocycles. The lowest BCUT2D eigenvalue weighted by Gasteiger charge is -2.24. The minimum absolute atomic E-state index is 0.125. The second kappa shape index (κ2) is 8.20. The fraction of sp³-hybridized carbons (Fsp3) is 0.500. The maximum absolute atomic E-state index is 12.3. The van der Waals surface area contributed by atoms with E-state index in [9.17, 15) is 10.1 Å². The average Bonchev–Trinajstić information content (AvgIpc) is 2.49. The van der Waals surface area contributed by atoms with Crippen LogP contribution in [-0.4, -0.2) is 12.6 Å². The topological polar surface area (TPSA) is 73.9 Å². The number of hydrogen-bond donors (Lipinski definition) is 0. The third-order valence-corrected chi connectivity index (χ3v) is 3.52. The van der Waals surface area contributed by atoms with Crippen molar-refractivity contribution in [3.63, 3.8) is 0 Å². The second-order valence-electron chi connectivity index (χ2n) is 5.69. The number of nitrogens with zero attached hydrogens (tertiary/aromatic N) is 2. The number of carbonyl (C=O) groups is 1. The Labute approximate surface area is 132 Å². The zero-order valence-corrected chi connectivity index (χ0v) is 13.4. The largest absolute Gasteiger partial charge is 0.465 e. The van der Waals surface area contributed by atoms with E-state index >= 15 is 0 Å². The Balaban J connectivity index is 3.18. The van der Waals surface area contributed by atoms with E-state index in [0.29, 0.717) is 11.5 Å². The summed E-state index contributed by atoms with van der Waals surface area (Å²) in [5.74, 6) is -0.0421. The number of rotatable bonds is 7. The van der Waals surface area contributed by atoms with E-state index in [2.05, 4.69) is 19.9 Å². The molecule has 116 valence electrons. The summed E-state index contributed by atoms with van der Waals surface area (Å²) in [6.07, 6.45) is 1.21. The van der Waals surface area contributed by atoms with Crippen LogP contribution in [0.1, 0.15) is 44.7 Å². The van der Waals surface area contributed by atoms with Crippen LogP contribution in [0.15, 0.2) is 24.3 Å². The molecule has 0 spiro atoms. The predicted octanol–water partition coefficient (Wildman–Crippen LogP) is 3.51. The van der Waals surface area contributed by atoms with Crippen molar-refractivity contribution >= 4 is 5.97 Å². The fourth-order valence-corrected chi connectivity index (χ4v) is 2.42. The van der Waals surface area contributed by atoms with Gasteiger partial charge in [0.2, 0.25) is 0 Å². The monoisotopic (exact) mass is 298 g/mol. The third-order valence-electron chi connectivity index (χ3n) is 3.52. The lowest BCUT2D eigenvalue weighted by atomic mass is 9.77. The molecule has 4 heteroatoms. The van der Waals surface area contributed by atoms with Crippen molar-refractivity contribution in [2.45, 2.75) is 45.4 Å². The van der Waals surface area contributed by atoms with Crippen molar-refractivity contribution in [3.8, 4) is 12.1 Å². The maximum atomic E-state index is 12.3. The normalized spacial score (nSPS) is 13.0. The molecule has 22 heavy (non-hydrogen) atoms. The van der Waals surface area contributed by atoms with Crippen LogP contribution in [-0.2, 0) is 21.4 Å². The van der Waals surface area contributed by atoms with Gasteiger partial charge in [0.05, 0.1) is 18.7 Å². The van der Waals surface area contributed by atoms with Gasteiger partial charge in [-0.1, -0.05) is 38.1 Å². The molecule has 1 rings (SSSR count). The molecular weight excluding hydrogens is 276 g/mol. The summed E-state index contributed by atoms with van der Waals surface area (Å²) in [4.78, 5) is 12.3. The standard InChI is InChI=1S/C18H22N2O2/c1-4-22-17(21)18(13-20,10-5-11-19)16-8-6-15(7-9-16)12-14(2)3/h6-9,14H,4-5,10,12H2,1-3H3/t18-/m1/s1. The molecule has 0 saturated heterocycles. The number of ether oxygens (including phenoxy) is 1. The van der Waals surface area contributed by atoms with Gasteiger partial charge in [-0.2, -0.15) is 10.5 Å².